The molecule has 0 aromatic heterocycles. The SMILES string of the molecule is COC(=O)COc1cc(C=CC(C)=[S-]2=CC(=O)NC2=S)ccc1OC. The summed E-state index contributed by atoms with van der Waals surface area (Å²) in [6.45, 7) is 1.71. The van der Waals surface area contributed by atoms with Crippen molar-refractivity contribution in [3.05, 3.63) is 29.8 Å². The van der Waals surface area contributed by atoms with Crippen LogP contribution in [0.5, 0.6) is 11.5 Å². The van der Waals surface area contributed by atoms with Gasteiger partial charge in [0.05, 0.1) is 14.2 Å². The number of amides is 1. The summed E-state index contributed by atoms with van der Waals surface area (Å²) in [5.41, 5.74) is 0.855. The lowest BCUT2D eigenvalue weighted by Gasteiger charge is -2.11. The maximum absolute atomic E-state index is 11.4. The average Bonchev–Trinajstić information content (AvgIpc) is 2.95. The molecule has 6 nitrogen and oxygen atoms in total. The van der Waals surface area contributed by atoms with Crippen molar-refractivity contribution in [2.75, 3.05) is 20.8 Å². The van der Waals surface area contributed by atoms with Gasteiger partial charge in [0.1, 0.15) is 0 Å². The third kappa shape index (κ3) is 5.07. The van der Waals surface area contributed by atoms with Crippen molar-refractivity contribution in [2.24, 2.45) is 0 Å². The third-order valence-corrected chi connectivity index (χ3v) is 5.69. The number of rotatable bonds is 6. The van der Waals surface area contributed by atoms with Gasteiger partial charge in [-0.2, -0.15) is 4.86 Å². The van der Waals surface area contributed by atoms with Gasteiger partial charge in [0.25, 0.3) is 0 Å². The Morgan fingerprint density at radius 2 is 2.08 bits per heavy atom. The molecule has 1 heterocycles. The molecule has 1 aliphatic rings. The van der Waals surface area contributed by atoms with Gasteiger partial charge < -0.3 is 29.6 Å². The summed E-state index contributed by atoms with van der Waals surface area (Å²) in [6, 6.07) is 5.37. The molecule has 0 saturated carbocycles. The second-order valence-electron chi connectivity index (χ2n) is 4.95. The minimum absolute atomic E-state index is 0.163. The second kappa shape index (κ2) is 8.68. The molecule has 0 spiro atoms. The highest BCUT2D eigenvalue weighted by Gasteiger charge is 2.08. The number of nitrogens with one attached hydrogen (secondary N) is 1. The van der Waals surface area contributed by atoms with E-state index in [4.69, 9.17) is 21.7 Å². The quantitative estimate of drug-likeness (QED) is 0.347. The lowest BCUT2D eigenvalue weighted by molar-refractivity contribution is -0.142. The zero-order chi connectivity index (χ0) is 18.4. The smallest absolute Gasteiger partial charge is 0.343 e. The van der Waals surface area contributed by atoms with Crippen molar-refractivity contribution in [1.29, 1.82) is 0 Å². The summed E-state index contributed by atoms with van der Waals surface area (Å²) >= 11 is 5.16. The number of carbonyl (C=O) groups is 2. The van der Waals surface area contributed by atoms with E-state index in [0.717, 1.165) is 10.4 Å². The molecule has 0 unspecified atom stereocenters. The molecule has 1 aromatic rings. The first kappa shape index (κ1) is 19.0. The Balaban J connectivity index is 2.24. The van der Waals surface area contributed by atoms with Gasteiger partial charge in [-0.3, -0.25) is 4.79 Å². The highest BCUT2D eigenvalue weighted by molar-refractivity contribution is 8.19. The van der Waals surface area contributed by atoms with Gasteiger partial charge in [-0.05, 0) is 22.0 Å². The largest absolute Gasteiger partial charge is 0.493 e. The van der Waals surface area contributed by atoms with Crippen LogP contribution in [-0.4, -0.2) is 47.3 Å². The topological polar surface area (TPSA) is 73.9 Å². The normalized spacial score (nSPS) is 17.1. The molecule has 0 aliphatic carbocycles. The number of methoxy groups -OCH3 is 2. The number of hydrogen-bond acceptors (Lipinski definition) is 7. The summed E-state index contributed by atoms with van der Waals surface area (Å²) in [6.07, 6.45) is 3.78. The van der Waals surface area contributed by atoms with Gasteiger partial charge in [-0.15, -0.1) is 5.37 Å². The molecule has 0 radical (unpaired) electrons. The molecule has 8 heteroatoms. The van der Waals surface area contributed by atoms with E-state index >= 15 is 0 Å². The maximum Gasteiger partial charge on any atom is 0.343 e. The van der Waals surface area contributed by atoms with Crippen LogP contribution < -0.4 is 14.8 Å². The highest BCUT2D eigenvalue weighted by atomic mass is 32.2. The van der Waals surface area contributed by atoms with Crippen molar-refractivity contribution in [3.8, 4) is 11.5 Å². The zero-order valence-electron chi connectivity index (χ0n) is 14.0. The molecule has 0 atom stereocenters. The first-order valence-electron chi connectivity index (χ1n) is 7.26. The van der Waals surface area contributed by atoms with Crippen LogP contribution >= 0.6 is 12.2 Å². The van der Waals surface area contributed by atoms with Crippen molar-refractivity contribution in [2.45, 2.75) is 6.92 Å². The van der Waals surface area contributed by atoms with E-state index in [9.17, 15) is 9.59 Å². The number of hydrogen-bond donors (Lipinski definition) is 1. The van der Waals surface area contributed by atoms with Crippen LogP contribution in [0, 0.1) is 0 Å². The fourth-order valence-corrected chi connectivity index (χ4v) is 3.90. The van der Waals surface area contributed by atoms with Gasteiger partial charge in [-0.25, -0.2) is 4.79 Å². The summed E-state index contributed by atoms with van der Waals surface area (Å²) in [4.78, 5) is 23.6. The molecule has 1 N–H and O–H groups in total. The number of allylic oxidation sites excluding steroid dienone is 1. The highest BCUT2D eigenvalue weighted by Crippen LogP contribution is 2.28. The Bertz CT molecular complexity index is 835. The predicted octanol–water partition coefficient (Wildman–Crippen LogP) is 1.29. The van der Waals surface area contributed by atoms with Crippen LogP contribution in [0.2, 0.25) is 0 Å². The lowest BCUT2D eigenvalue weighted by Crippen LogP contribution is -2.21. The summed E-state index contributed by atoms with van der Waals surface area (Å²) < 4.78 is 15.8. The molecule has 134 valence electrons. The second-order valence-corrected chi connectivity index (χ2v) is 7.58. The standard InChI is InChI=1S/C17H18NO5S2/c1-11(25-10-15(19)18-17(25)24)4-5-12-6-7-13(21-2)14(8-12)23-9-16(20)22-3/h4-8,10H,9H2,1-3H3,(H,18,19,24)/q-1. The van der Waals surface area contributed by atoms with Gasteiger partial charge >= 0.3 is 5.97 Å². The first-order chi connectivity index (χ1) is 11.9. The van der Waals surface area contributed by atoms with Crippen LogP contribution in [0.25, 0.3) is 6.08 Å². The number of ether oxygens (including phenoxy) is 3. The van der Waals surface area contributed by atoms with Crippen LogP contribution in [-0.2, 0) is 24.4 Å². The first-order valence-corrected chi connectivity index (χ1v) is 8.96. The van der Waals surface area contributed by atoms with Crippen molar-refractivity contribution >= 4 is 54.8 Å². The van der Waals surface area contributed by atoms with Crippen LogP contribution in [0.3, 0.4) is 0 Å². The number of thiocarbonyl (C=S) groups is 1. The Labute approximate surface area is 153 Å². The molecular formula is C17H18NO5S2-. The minimum atomic E-state index is -0.484. The van der Waals surface area contributed by atoms with Crippen molar-refractivity contribution in [3.63, 3.8) is 0 Å². The Kier molecular flexibility index (Phi) is 6.60. The van der Waals surface area contributed by atoms with E-state index in [1.807, 2.05) is 25.1 Å². The van der Waals surface area contributed by atoms with Crippen LogP contribution in [0.1, 0.15) is 12.5 Å². The summed E-state index contributed by atoms with van der Waals surface area (Å²) in [5, 5.41) is 4.20. The molecule has 25 heavy (non-hydrogen) atoms. The molecule has 0 saturated heterocycles. The summed E-state index contributed by atoms with van der Waals surface area (Å²) in [5.74, 6) is 0.318. The Morgan fingerprint density at radius 1 is 1.32 bits per heavy atom. The van der Waals surface area contributed by atoms with E-state index in [0.29, 0.717) is 15.8 Å². The van der Waals surface area contributed by atoms with Gasteiger partial charge in [0.2, 0.25) is 5.91 Å². The van der Waals surface area contributed by atoms with Crippen molar-refractivity contribution in [1.82, 2.24) is 5.32 Å². The molecule has 0 fully saturated rings. The van der Waals surface area contributed by atoms with Gasteiger partial charge in [-0.1, -0.05) is 37.4 Å². The Morgan fingerprint density at radius 3 is 2.68 bits per heavy atom. The number of carbonyl (C=O) groups excluding carboxylic acids is 2. The molecule has 1 aliphatic heterocycles. The van der Waals surface area contributed by atoms with Crippen molar-refractivity contribution < 1.29 is 23.8 Å². The molecule has 0 bridgehead atoms. The molecular weight excluding hydrogens is 362 g/mol. The van der Waals surface area contributed by atoms with Crippen LogP contribution in [0.15, 0.2) is 24.3 Å². The average molecular weight is 380 g/mol. The van der Waals surface area contributed by atoms with Gasteiger partial charge in [0.15, 0.2) is 18.1 Å². The van der Waals surface area contributed by atoms with Crippen LogP contribution in [0.4, 0.5) is 0 Å². The molecule has 1 amide bonds. The number of esters is 1. The molecule has 2 rings (SSSR count). The summed E-state index contributed by atoms with van der Waals surface area (Å²) in [7, 11) is 2.34. The van der Waals surface area contributed by atoms with E-state index in [1.165, 1.54) is 14.2 Å². The monoisotopic (exact) mass is 380 g/mol. The molecule has 1 aromatic carbocycles. The lowest BCUT2D eigenvalue weighted by atomic mass is 10.2. The fourth-order valence-electron chi connectivity index (χ4n) is 1.98. The van der Waals surface area contributed by atoms with Gasteiger partial charge in [0, 0.05) is 0 Å². The van der Waals surface area contributed by atoms with E-state index < -0.39 is 16.0 Å². The number of benzene rings is 1. The predicted molar refractivity (Wildman–Crippen MR) is 104 cm³/mol. The Hall–Kier alpha value is -2.32. The van der Waals surface area contributed by atoms with E-state index in [2.05, 4.69) is 10.1 Å². The van der Waals surface area contributed by atoms with E-state index in [-0.39, 0.29) is 12.5 Å². The zero-order valence-corrected chi connectivity index (χ0v) is 15.7. The minimum Gasteiger partial charge on any atom is -0.493 e. The maximum atomic E-state index is 11.4. The fraction of sp³-hybridized carbons (Fsp3) is 0.235. The van der Waals surface area contributed by atoms with E-state index in [1.54, 1.807) is 17.5 Å². The third-order valence-electron chi connectivity index (χ3n) is 3.27.